The fourth-order valence-electron chi connectivity index (χ4n) is 0.838. The highest BCUT2D eigenvalue weighted by atomic mass is 35.5. The van der Waals surface area contributed by atoms with Gasteiger partial charge in [0.15, 0.2) is 0 Å². The molecule has 1 heterocycles. The molecule has 0 radical (unpaired) electrons. The van der Waals surface area contributed by atoms with Gasteiger partial charge < -0.3 is 4.90 Å². The van der Waals surface area contributed by atoms with Crippen molar-refractivity contribution in [2.75, 3.05) is 7.05 Å². The number of carbonyl (C=O) groups is 2. The maximum absolute atomic E-state index is 10.9. The van der Waals surface area contributed by atoms with E-state index in [0.717, 1.165) is 4.88 Å². The number of hydrogen-bond donors (Lipinski definition) is 0. The number of hydrogen-bond acceptors (Lipinski definition) is 3. The van der Waals surface area contributed by atoms with E-state index in [1.165, 1.54) is 16.2 Å². The Kier molecular flexibility index (Phi) is 3.45. The van der Waals surface area contributed by atoms with E-state index in [9.17, 15) is 9.59 Å². The van der Waals surface area contributed by atoms with Crippen LogP contribution in [-0.2, 0) is 16.1 Å². The van der Waals surface area contributed by atoms with Crippen molar-refractivity contribution in [3.05, 3.63) is 21.3 Å². The van der Waals surface area contributed by atoms with Gasteiger partial charge in [0, 0.05) is 11.9 Å². The highest BCUT2D eigenvalue weighted by molar-refractivity contribution is 7.16. The van der Waals surface area contributed by atoms with E-state index < -0.39 is 5.91 Å². The average molecular weight is 218 g/mol. The summed E-state index contributed by atoms with van der Waals surface area (Å²) in [5.74, 6) is -0.524. The van der Waals surface area contributed by atoms with Crippen LogP contribution in [0.4, 0.5) is 0 Å². The molecule has 0 aliphatic rings. The summed E-state index contributed by atoms with van der Waals surface area (Å²) in [6.07, 6.45) is 0.301. The van der Waals surface area contributed by atoms with Crippen LogP contribution >= 0.6 is 22.9 Å². The quantitative estimate of drug-likeness (QED) is 0.569. The van der Waals surface area contributed by atoms with Gasteiger partial charge in [0.1, 0.15) is 0 Å². The first-order chi connectivity index (χ1) is 6.13. The van der Waals surface area contributed by atoms with Crippen LogP contribution in [0.2, 0.25) is 4.34 Å². The molecule has 1 rings (SSSR count). The van der Waals surface area contributed by atoms with Gasteiger partial charge in [-0.2, -0.15) is 0 Å². The Bertz CT molecular complexity index is 324. The Labute approximate surface area is 84.9 Å². The predicted octanol–water partition coefficient (Wildman–Crippen LogP) is 1.56. The molecule has 1 aromatic heterocycles. The molecule has 70 valence electrons. The first-order valence-corrected chi connectivity index (χ1v) is 4.77. The molecule has 0 bridgehead atoms. The van der Waals surface area contributed by atoms with Gasteiger partial charge in [-0.15, -0.1) is 11.3 Å². The molecule has 0 aliphatic heterocycles. The number of aldehydes is 1. The van der Waals surface area contributed by atoms with Gasteiger partial charge in [0.25, 0.3) is 5.91 Å². The summed E-state index contributed by atoms with van der Waals surface area (Å²) in [5, 5.41) is 0. The van der Waals surface area contributed by atoms with Crippen molar-refractivity contribution >= 4 is 35.1 Å². The number of amides is 1. The Balaban J connectivity index is 2.59. The Hall–Kier alpha value is -0.870. The third-order valence-electron chi connectivity index (χ3n) is 1.50. The second kappa shape index (κ2) is 4.39. The third-order valence-corrected chi connectivity index (χ3v) is 2.71. The zero-order valence-corrected chi connectivity index (χ0v) is 8.56. The van der Waals surface area contributed by atoms with Crippen molar-refractivity contribution in [2.24, 2.45) is 0 Å². The molecule has 0 spiro atoms. The first kappa shape index (κ1) is 10.2. The van der Waals surface area contributed by atoms with Crippen molar-refractivity contribution in [3.8, 4) is 0 Å². The SMILES string of the molecule is CN(Cc1ccc(Cl)s1)C(=O)C=O. The molecule has 0 atom stereocenters. The molecule has 1 aromatic rings. The van der Waals surface area contributed by atoms with Gasteiger partial charge in [-0.1, -0.05) is 11.6 Å². The minimum atomic E-state index is -0.524. The molecule has 0 aliphatic carbocycles. The van der Waals surface area contributed by atoms with Crippen LogP contribution in [0.1, 0.15) is 4.88 Å². The monoisotopic (exact) mass is 217 g/mol. The van der Waals surface area contributed by atoms with E-state index in [1.54, 1.807) is 13.1 Å². The summed E-state index contributed by atoms with van der Waals surface area (Å²) in [6.45, 7) is 0.426. The zero-order valence-electron chi connectivity index (χ0n) is 6.99. The van der Waals surface area contributed by atoms with Crippen molar-refractivity contribution in [1.82, 2.24) is 4.90 Å². The average Bonchev–Trinajstić information content (AvgIpc) is 2.49. The van der Waals surface area contributed by atoms with Crippen molar-refractivity contribution in [2.45, 2.75) is 6.54 Å². The molecular weight excluding hydrogens is 210 g/mol. The number of halogens is 1. The molecule has 0 N–H and O–H groups in total. The van der Waals surface area contributed by atoms with Gasteiger partial charge in [0.05, 0.1) is 10.9 Å². The zero-order chi connectivity index (χ0) is 9.84. The summed E-state index contributed by atoms with van der Waals surface area (Å²) in [4.78, 5) is 23.3. The smallest absolute Gasteiger partial charge is 0.286 e. The third kappa shape index (κ3) is 2.82. The summed E-state index contributed by atoms with van der Waals surface area (Å²) in [7, 11) is 1.57. The Morgan fingerprint density at radius 2 is 2.38 bits per heavy atom. The molecule has 1 amide bonds. The number of carbonyl (C=O) groups excluding carboxylic acids is 2. The van der Waals surface area contributed by atoms with Crippen LogP contribution in [0.5, 0.6) is 0 Å². The maximum atomic E-state index is 10.9. The topological polar surface area (TPSA) is 37.4 Å². The fourth-order valence-corrected chi connectivity index (χ4v) is 1.98. The van der Waals surface area contributed by atoms with Crippen molar-refractivity contribution in [3.63, 3.8) is 0 Å². The number of nitrogens with zero attached hydrogens (tertiary/aromatic N) is 1. The second-order valence-corrected chi connectivity index (χ2v) is 4.32. The lowest BCUT2D eigenvalue weighted by molar-refractivity contribution is -0.138. The van der Waals surface area contributed by atoms with Gasteiger partial charge in [-0.05, 0) is 12.1 Å². The lowest BCUT2D eigenvalue weighted by atomic mass is 10.4. The Morgan fingerprint density at radius 1 is 1.69 bits per heavy atom. The van der Waals surface area contributed by atoms with Crippen LogP contribution in [0.15, 0.2) is 12.1 Å². The molecule has 5 heteroatoms. The number of rotatable bonds is 3. The van der Waals surface area contributed by atoms with Gasteiger partial charge in [-0.25, -0.2) is 0 Å². The van der Waals surface area contributed by atoms with Gasteiger partial charge in [-0.3, -0.25) is 9.59 Å². The highest BCUT2D eigenvalue weighted by Gasteiger charge is 2.08. The van der Waals surface area contributed by atoms with Crippen molar-refractivity contribution < 1.29 is 9.59 Å². The van der Waals surface area contributed by atoms with E-state index in [4.69, 9.17) is 11.6 Å². The highest BCUT2D eigenvalue weighted by Crippen LogP contribution is 2.22. The summed E-state index contributed by atoms with van der Waals surface area (Å²) < 4.78 is 0.682. The van der Waals surface area contributed by atoms with E-state index in [-0.39, 0.29) is 0 Å². The first-order valence-electron chi connectivity index (χ1n) is 3.58. The minimum Gasteiger partial charge on any atom is -0.334 e. The molecule has 0 saturated heterocycles. The van der Waals surface area contributed by atoms with E-state index in [1.807, 2.05) is 6.07 Å². The Morgan fingerprint density at radius 3 is 2.85 bits per heavy atom. The fraction of sp³-hybridized carbons (Fsp3) is 0.250. The van der Waals surface area contributed by atoms with Crippen LogP contribution in [0.25, 0.3) is 0 Å². The molecule has 0 unspecified atom stereocenters. The lowest BCUT2D eigenvalue weighted by Gasteiger charge is -2.11. The largest absolute Gasteiger partial charge is 0.334 e. The number of likely N-dealkylation sites (N-methyl/N-ethyl adjacent to an activating group) is 1. The van der Waals surface area contributed by atoms with Crippen LogP contribution in [0.3, 0.4) is 0 Å². The lowest BCUT2D eigenvalue weighted by Crippen LogP contribution is -2.26. The summed E-state index contributed by atoms with van der Waals surface area (Å²) >= 11 is 7.10. The summed E-state index contributed by atoms with van der Waals surface area (Å²) in [6, 6.07) is 3.60. The normalized spacial score (nSPS) is 9.69. The number of thiophene rings is 1. The van der Waals surface area contributed by atoms with Gasteiger partial charge in [0.2, 0.25) is 6.29 Å². The van der Waals surface area contributed by atoms with E-state index >= 15 is 0 Å². The predicted molar refractivity (Wildman–Crippen MR) is 51.9 cm³/mol. The van der Waals surface area contributed by atoms with Gasteiger partial charge >= 0.3 is 0 Å². The molecule has 0 saturated carbocycles. The second-order valence-electron chi connectivity index (χ2n) is 2.52. The van der Waals surface area contributed by atoms with Crippen LogP contribution < -0.4 is 0 Å². The minimum absolute atomic E-state index is 0.301. The molecule has 0 aromatic carbocycles. The van der Waals surface area contributed by atoms with Crippen LogP contribution in [-0.4, -0.2) is 24.1 Å². The van der Waals surface area contributed by atoms with E-state index in [0.29, 0.717) is 17.2 Å². The van der Waals surface area contributed by atoms with Crippen LogP contribution in [0, 0.1) is 0 Å². The molecular formula is C8H8ClNO2S. The van der Waals surface area contributed by atoms with E-state index in [2.05, 4.69) is 0 Å². The molecule has 3 nitrogen and oxygen atoms in total. The van der Waals surface area contributed by atoms with Crippen molar-refractivity contribution in [1.29, 1.82) is 0 Å². The summed E-state index contributed by atoms with van der Waals surface area (Å²) in [5.41, 5.74) is 0. The standard InChI is InChI=1S/C8H8ClNO2S/c1-10(8(12)5-11)4-6-2-3-7(9)13-6/h2-3,5H,4H2,1H3. The maximum Gasteiger partial charge on any atom is 0.286 e. The molecule has 0 fully saturated rings. The molecule has 13 heavy (non-hydrogen) atoms.